The fraction of sp³-hybridized carbons (Fsp3) is 0.550. The second-order valence-electron chi connectivity index (χ2n) is 7.49. The van der Waals surface area contributed by atoms with Crippen molar-refractivity contribution in [1.29, 1.82) is 0 Å². The summed E-state index contributed by atoms with van der Waals surface area (Å²) >= 11 is 0. The van der Waals surface area contributed by atoms with E-state index in [-0.39, 0.29) is 28.8 Å². The quantitative estimate of drug-likeness (QED) is 0.602. The predicted molar refractivity (Wildman–Crippen MR) is 95.0 cm³/mol. The zero-order chi connectivity index (χ0) is 18.1. The molecule has 0 radical (unpaired) electrons. The molecular formula is C20H28O4. The van der Waals surface area contributed by atoms with Crippen molar-refractivity contribution in [1.82, 2.24) is 0 Å². The highest BCUT2D eigenvalue weighted by molar-refractivity contribution is 6.03. The van der Waals surface area contributed by atoms with E-state index in [1.54, 1.807) is 13.8 Å². The molecule has 4 heteroatoms. The number of benzene rings is 1. The van der Waals surface area contributed by atoms with Crippen LogP contribution < -0.4 is 4.74 Å². The first-order valence-electron chi connectivity index (χ1n) is 8.59. The summed E-state index contributed by atoms with van der Waals surface area (Å²) in [6, 6.07) is 1.25. The molecule has 0 aromatic heterocycles. The Bertz CT molecular complexity index is 669. The van der Waals surface area contributed by atoms with Crippen molar-refractivity contribution in [3.63, 3.8) is 0 Å². The zero-order valence-electron chi connectivity index (χ0n) is 15.3. The third-order valence-electron chi connectivity index (χ3n) is 4.59. The number of aromatic hydroxyl groups is 2. The van der Waals surface area contributed by atoms with Gasteiger partial charge in [-0.25, -0.2) is 0 Å². The Morgan fingerprint density at radius 3 is 2.58 bits per heavy atom. The molecule has 1 aromatic carbocycles. The van der Waals surface area contributed by atoms with E-state index in [1.807, 2.05) is 6.92 Å². The Hall–Kier alpha value is -1.97. The standard InChI is InChI=1S/C20H28O4/c1-12(2)7-6-9-20(5)10-8-14-15(21)11-16(22)17(19(14)24-20)18(23)13(3)4/h7,11,13,21-22H,6,8-10H2,1-5H3/t20-/m1/s1. The SMILES string of the molecule is CC(C)=CCC[C@]1(C)CCc2c(O)cc(O)c(C(=O)C(C)C)c2O1. The molecule has 0 amide bonds. The Morgan fingerprint density at radius 1 is 1.33 bits per heavy atom. The van der Waals surface area contributed by atoms with Crippen molar-refractivity contribution in [2.75, 3.05) is 0 Å². The molecule has 1 heterocycles. The number of hydrogen-bond acceptors (Lipinski definition) is 4. The first-order valence-corrected chi connectivity index (χ1v) is 8.59. The Balaban J connectivity index is 2.41. The third kappa shape index (κ3) is 3.74. The number of fused-ring (bicyclic) bond motifs is 1. The molecule has 1 aliphatic rings. The van der Waals surface area contributed by atoms with Gasteiger partial charge in [-0.05, 0) is 46.5 Å². The molecule has 0 fully saturated rings. The fourth-order valence-electron chi connectivity index (χ4n) is 3.08. The summed E-state index contributed by atoms with van der Waals surface area (Å²) in [7, 11) is 0. The lowest BCUT2D eigenvalue weighted by Crippen LogP contribution is -2.37. The van der Waals surface area contributed by atoms with E-state index in [2.05, 4.69) is 19.9 Å². The predicted octanol–water partition coefficient (Wildman–Crippen LogP) is 4.77. The van der Waals surface area contributed by atoms with Crippen LogP contribution in [0.3, 0.4) is 0 Å². The number of carbonyl (C=O) groups is 1. The monoisotopic (exact) mass is 332 g/mol. The summed E-state index contributed by atoms with van der Waals surface area (Å²) in [6.45, 7) is 9.74. The topological polar surface area (TPSA) is 66.8 Å². The highest BCUT2D eigenvalue weighted by Gasteiger charge is 2.36. The molecule has 132 valence electrons. The van der Waals surface area contributed by atoms with E-state index in [9.17, 15) is 15.0 Å². The number of Topliss-reactive ketones (excluding diaryl/α,β-unsaturated/α-hetero) is 1. The average molecular weight is 332 g/mol. The van der Waals surface area contributed by atoms with E-state index in [4.69, 9.17) is 4.74 Å². The van der Waals surface area contributed by atoms with Crippen molar-refractivity contribution in [2.24, 2.45) is 5.92 Å². The molecular weight excluding hydrogens is 304 g/mol. The minimum absolute atomic E-state index is 0.00541. The van der Waals surface area contributed by atoms with Crippen LogP contribution in [0, 0.1) is 5.92 Å². The number of rotatable bonds is 5. The number of phenols is 2. The van der Waals surface area contributed by atoms with Gasteiger partial charge in [0.05, 0.1) is 0 Å². The van der Waals surface area contributed by atoms with Crippen molar-refractivity contribution in [3.05, 3.63) is 28.8 Å². The van der Waals surface area contributed by atoms with Crippen LogP contribution in [0.15, 0.2) is 17.7 Å². The Kier molecular flexibility index (Phi) is 5.26. The van der Waals surface area contributed by atoms with Crippen LogP contribution in [-0.2, 0) is 6.42 Å². The van der Waals surface area contributed by atoms with E-state index in [0.717, 1.165) is 19.3 Å². The van der Waals surface area contributed by atoms with Crippen LogP contribution in [0.1, 0.15) is 69.8 Å². The maximum absolute atomic E-state index is 12.5. The molecule has 0 spiro atoms. The average Bonchev–Trinajstić information content (AvgIpc) is 2.45. The Morgan fingerprint density at radius 2 is 2.00 bits per heavy atom. The summed E-state index contributed by atoms with van der Waals surface area (Å²) in [5.41, 5.74) is 1.67. The van der Waals surface area contributed by atoms with Gasteiger partial charge in [0.15, 0.2) is 5.78 Å². The number of phenolic OH excluding ortho intramolecular Hbond substituents is 2. The molecule has 4 nitrogen and oxygen atoms in total. The summed E-state index contributed by atoms with van der Waals surface area (Å²) in [5.74, 6) is -0.283. The van der Waals surface area contributed by atoms with E-state index in [1.165, 1.54) is 11.6 Å². The van der Waals surface area contributed by atoms with Crippen molar-refractivity contribution >= 4 is 5.78 Å². The molecule has 1 atom stereocenters. The Labute approximate surface area is 144 Å². The van der Waals surface area contributed by atoms with Gasteiger partial charge in [0, 0.05) is 17.5 Å². The summed E-state index contributed by atoms with van der Waals surface area (Å²) in [4.78, 5) is 12.5. The number of ether oxygens (including phenoxy) is 1. The lowest BCUT2D eigenvalue weighted by molar-refractivity contribution is 0.0539. The maximum atomic E-state index is 12.5. The van der Waals surface area contributed by atoms with E-state index < -0.39 is 5.60 Å². The first-order chi connectivity index (χ1) is 11.1. The van der Waals surface area contributed by atoms with Crippen molar-refractivity contribution in [2.45, 2.75) is 65.9 Å². The highest BCUT2D eigenvalue weighted by atomic mass is 16.5. The fourth-order valence-corrected chi connectivity index (χ4v) is 3.08. The van der Waals surface area contributed by atoms with Gasteiger partial charge in [-0.3, -0.25) is 4.79 Å². The molecule has 0 saturated heterocycles. The largest absolute Gasteiger partial charge is 0.507 e. The molecule has 2 rings (SSSR count). The van der Waals surface area contributed by atoms with Gasteiger partial charge >= 0.3 is 0 Å². The summed E-state index contributed by atoms with van der Waals surface area (Å²) < 4.78 is 6.20. The van der Waals surface area contributed by atoms with Crippen LogP contribution in [0.5, 0.6) is 17.2 Å². The summed E-state index contributed by atoms with van der Waals surface area (Å²) in [5, 5.41) is 20.4. The van der Waals surface area contributed by atoms with Gasteiger partial charge in [0.1, 0.15) is 28.4 Å². The molecule has 1 aromatic rings. The smallest absolute Gasteiger partial charge is 0.172 e. The number of ketones is 1. The lowest BCUT2D eigenvalue weighted by atomic mass is 9.85. The number of hydrogen-bond donors (Lipinski definition) is 2. The lowest BCUT2D eigenvalue weighted by Gasteiger charge is -2.37. The van der Waals surface area contributed by atoms with E-state index >= 15 is 0 Å². The summed E-state index contributed by atoms with van der Waals surface area (Å²) in [6.07, 6.45) is 5.29. The van der Waals surface area contributed by atoms with Crippen LogP contribution in [0.25, 0.3) is 0 Å². The van der Waals surface area contributed by atoms with Gasteiger partial charge in [0.25, 0.3) is 0 Å². The van der Waals surface area contributed by atoms with Gasteiger partial charge in [0.2, 0.25) is 0 Å². The molecule has 24 heavy (non-hydrogen) atoms. The van der Waals surface area contributed by atoms with Crippen molar-refractivity contribution < 1.29 is 19.7 Å². The first kappa shape index (κ1) is 18.4. The molecule has 0 bridgehead atoms. The molecule has 0 aliphatic carbocycles. The third-order valence-corrected chi connectivity index (χ3v) is 4.59. The van der Waals surface area contributed by atoms with Crippen molar-refractivity contribution in [3.8, 4) is 17.2 Å². The van der Waals surface area contributed by atoms with Crippen LogP contribution >= 0.6 is 0 Å². The highest BCUT2D eigenvalue weighted by Crippen LogP contribution is 2.46. The molecule has 1 aliphatic heterocycles. The molecule has 0 unspecified atom stereocenters. The number of allylic oxidation sites excluding steroid dienone is 2. The normalized spacial score (nSPS) is 19.6. The zero-order valence-corrected chi connectivity index (χ0v) is 15.3. The van der Waals surface area contributed by atoms with E-state index in [0.29, 0.717) is 17.7 Å². The van der Waals surface area contributed by atoms with Crippen LogP contribution in [-0.4, -0.2) is 21.6 Å². The second kappa shape index (κ2) is 6.88. The maximum Gasteiger partial charge on any atom is 0.172 e. The minimum Gasteiger partial charge on any atom is -0.507 e. The van der Waals surface area contributed by atoms with Gasteiger partial charge < -0.3 is 14.9 Å². The van der Waals surface area contributed by atoms with Gasteiger partial charge in [-0.1, -0.05) is 25.5 Å². The second-order valence-corrected chi connectivity index (χ2v) is 7.49. The minimum atomic E-state index is -0.412. The number of carbonyl (C=O) groups excluding carboxylic acids is 1. The van der Waals surface area contributed by atoms with Gasteiger partial charge in [-0.15, -0.1) is 0 Å². The van der Waals surface area contributed by atoms with Crippen LogP contribution in [0.4, 0.5) is 0 Å². The van der Waals surface area contributed by atoms with Gasteiger partial charge in [-0.2, -0.15) is 0 Å². The molecule has 2 N–H and O–H groups in total. The molecule has 0 saturated carbocycles. The van der Waals surface area contributed by atoms with Crippen LogP contribution in [0.2, 0.25) is 0 Å².